The first-order valence-electron chi connectivity index (χ1n) is 11.0. The highest BCUT2D eigenvalue weighted by Gasteiger charge is 2.37. The number of carbonyl (C=O) groups is 1. The molecule has 1 saturated carbocycles. The first-order chi connectivity index (χ1) is 15.1. The van der Waals surface area contributed by atoms with E-state index in [1.165, 1.54) is 12.8 Å². The lowest BCUT2D eigenvalue weighted by Crippen LogP contribution is -2.62. The lowest BCUT2D eigenvalue weighted by molar-refractivity contribution is -0.130. The third-order valence-corrected chi connectivity index (χ3v) is 5.86. The van der Waals surface area contributed by atoms with Gasteiger partial charge in [-0.15, -0.1) is 0 Å². The van der Waals surface area contributed by atoms with E-state index in [-0.39, 0.29) is 17.5 Å². The fourth-order valence-corrected chi connectivity index (χ4v) is 3.80. The molecule has 2 aromatic heterocycles. The Morgan fingerprint density at radius 1 is 1.39 bits per heavy atom. The molecule has 0 bridgehead atoms. The van der Waals surface area contributed by atoms with Crippen molar-refractivity contribution >= 4 is 11.6 Å². The van der Waals surface area contributed by atoms with Crippen molar-refractivity contribution < 1.29 is 4.79 Å². The predicted octanol–water partition coefficient (Wildman–Crippen LogP) is 1.60. The number of aryl methyl sites for hydroxylation is 1. The van der Waals surface area contributed by atoms with E-state index in [0.717, 1.165) is 30.0 Å². The second-order valence-corrected chi connectivity index (χ2v) is 8.27. The Labute approximate surface area is 182 Å². The average Bonchev–Trinajstić information content (AvgIpc) is 3.57. The third-order valence-electron chi connectivity index (χ3n) is 5.86. The Morgan fingerprint density at radius 3 is 2.90 bits per heavy atom. The van der Waals surface area contributed by atoms with Crippen LogP contribution in [-0.2, 0) is 11.2 Å². The number of pyridine rings is 1. The van der Waals surface area contributed by atoms with Gasteiger partial charge < -0.3 is 20.1 Å². The lowest BCUT2D eigenvalue weighted by Gasteiger charge is -2.46. The molecular weight excluding hydrogens is 392 g/mol. The minimum atomic E-state index is -0.104. The van der Waals surface area contributed by atoms with Crippen molar-refractivity contribution in [1.29, 1.82) is 0 Å². The molecular formula is C23H30N6O2. The smallest absolute Gasteiger partial charge is 0.271 e. The fourth-order valence-electron chi connectivity index (χ4n) is 3.80. The van der Waals surface area contributed by atoms with Crippen LogP contribution in [0.5, 0.6) is 0 Å². The number of anilines is 1. The molecule has 0 radical (unpaired) electrons. The maximum Gasteiger partial charge on any atom is 0.271 e. The van der Waals surface area contributed by atoms with Gasteiger partial charge in [0.1, 0.15) is 11.5 Å². The van der Waals surface area contributed by atoms with E-state index < -0.39 is 0 Å². The number of H-pyrrole nitrogens is 1. The number of rotatable bonds is 9. The monoisotopic (exact) mass is 422 g/mol. The maximum atomic E-state index is 12.8. The van der Waals surface area contributed by atoms with Gasteiger partial charge in [0.25, 0.3) is 5.56 Å². The molecule has 1 amide bonds. The highest BCUT2D eigenvalue weighted by atomic mass is 16.2. The summed E-state index contributed by atoms with van der Waals surface area (Å²) in [5.41, 5.74) is 2.22. The van der Waals surface area contributed by atoms with E-state index in [2.05, 4.69) is 25.2 Å². The third kappa shape index (κ3) is 5.02. The molecule has 4 rings (SSSR count). The van der Waals surface area contributed by atoms with Crippen molar-refractivity contribution in [3.8, 4) is 11.3 Å². The molecule has 1 aliphatic carbocycles. The van der Waals surface area contributed by atoms with E-state index in [1.807, 2.05) is 37.1 Å². The van der Waals surface area contributed by atoms with Crippen LogP contribution in [0.3, 0.4) is 0 Å². The van der Waals surface area contributed by atoms with Crippen molar-refractivity contribution in [2.24, 2.45) is 5.92 Å². The molecule has 0 atom stereocenters. The van der Waals surface area contributed by atoms with Crippen LogP contribution < -0.4 is 15.8 Å². The van der Waals surface area contributed by atoms with Gasteiger partial charge in [-0.25, -0.2) is 9.97 Å². The van der Waals surface area contributed by atoms with Crippen molar-refractivity contribution in [2.75, 3.05) is 38.1 Å². The fraction of sp³-hybridized carbons (Fsp3) is 0.478. The molecule has 8 heteroatoms. The molecule has 8 nitrogen and oxygen atoms in total. The second kappa shape index (κ2) is 9.43. The van der Waals surface area contributed by atoms with Crippen LogP contribution in [-0.4, -0.2) is 65.0 Å². The van der Waals surface area contributed by atoms with Crippen LogP contribution in [0.2, 0.25) is 0 Å². The quantitative estimate of drug-likeness (QED) is 0.596. The molecule has 0 unspecified atom stereocenters. The molecule has 164 valence electrons. The summed E-state index contributed by atoms with van der Waals surface area (Å²) in [4.78, 5) is 40.9. The van der Waals surface area contributed by atoms with Crippen LogP contribution in [0.4, 0.5) is 5.69 Å². The molecule has 0 spiro atoms. The van der Waals surface area contributed by atoms with E-state index in [1.54, 1.807) is 18.5 Å². The lowest BCUT2D eigenvalue weighted by atomic mass is 10.0. The summed E-state index contributed by atoms with van der Waals surface area (Å²) in [6, 6.07) is 3.94. The highest BCUT2D eigenvalue weighted by molar-refractivity contribution is 5.88. The van der Waals surface area contributed by atoms with Crippen molar-refractivity contribution in [3.05, 3.63) is 52.9 Å². The number of likely N-dealkylation sites (tertiary alicyclic amines) is 1. The van der Waals surface area contributed by atoms with Gasteiger partial charge in [0.2, 0.25) is 5.91 Å². The van der Waals surface area contributed by atoms with Gasteiger partial charge in [-0.1, -0.05) is 13.0 Å². The van der Waals surface area contributed by atoms with E-state index in [0.29, 0.717) is 31.2 Å². The molecule has 1 aliphatic heterocycles. The zero-order chi connectivity index (χ0) is 21.8. The number of nitrogens with one attached hydrogen (secondary N) is 2. The second-order valence-electron chi connectivity index (χ2n) is 8.27. The summed E-state index contributed by atoms with van der Waals surface area (Å²) in [5, 5.41) is 2.99. The van der Waals surface area contributed by atoms with E-state index in [9.17, 15) is 9.59 Å². The summed E-state index contributed by atoms with van der Waals surface area (Å²) < 4.78 is 0. The van der Waals surface area contributed by atoms with Crippen LogP contribution in [0.25, 0.3) is 11.3 Å². The van der Waals surface area contributed by atoms with Gasteiger partial charge in [0.15, 0.2) is 0 Å². The first kappa shape index (κ1) is 21.2. The first-order valence-corrected chi connectivity index (χ1v) is 11.0. The Balaban J connectivity index is 1.54. The van der Waals surface area contributed by atoms with Crippen molar-refractivity contribution in [3.63, 3.8) is 0 Å². The number of likely N-dealkylation sites (N-methyl/N-ethyl adjacent to an activating group) is 1. The molecule has 0 aromatic carbocycles. The Hall–Kier alpha value is -3.00. The largest absolute Gasteiger partial charge is 0.360 e. The number of carbonyl (C=O) groups excluding carboxylic acids is 1. The van der Waals surface area contributed by atoms with Crippen molar-refractivity contribution in [2.45, 2.75) is 32.2 Å². The van der Waals surface area contributed by atoms with Gasteiger partial charge >= 0.3 is 0 Å². The van der Waals surface area contributed by atoms with Gasteiger partial charge in [-0.3, -0.25) is 9.59 Å². The molecule has 3 heterocycles. The van der Waals surface area contributed by atoms with E-state index >= 15 is 0 Å². The predicted molar refractivity (Wildman–Crippen MR) is 121 cm³/mol. The normalized spacial score (nSPS) is 16.5. The molecule has 2 N–H and O–H groups in total. The van der Waals surface area contributed by atoms with E-state index in [4.69, 9.17) is 0 Å². The number of hydrogen-bond donors (Lipinski definition) is 2. The maximum absolute atomic E-state index is 12.8. The average molecular weight is 423 g/mol. The van der Waals surface area contributed by atoms with Crippen LogP contribution >= 0.6 is 0 Å². The minimum Gasteiger partial charge on any atom is -0.360 e. The zero-order valence-corrected chi connectivity index (χ0v) is 18.2. The van der Waals surface area contributed by atoms with Gasteiger partial charge in [0.05, 0.1) is 11.7 Å². The summed E-state index contributed by atoms with van der Waals surface area (Å²) in [6.07, 6.45) is 10.1. The van der Waals surface area contributed by atoms with Crippen LogP contribution in [0, 0.1) is 5.92 Å². The summed E-state index contributed by atoms with van der Waals surface area (Å²) in [6.45, 7) is 4.80. The molecule has 31 heavy (non-hydrogen) atoms. The Bertz CT molecular complexity index is 1010. The topological polar surface area (TPSA) is 94.2 Å². The number of hydrogen-bond acceptors (Lipinski definition) is 6. The van der Waals surface area contributed by atoms with Crippen LogP contribution in [0.1, 0.15) is 25.6 Å². The Morgan fingerprint density at radius 2 is 2.19 bits per heavy atom. The minimum absolute atomic E-state index is 0.0219. The molecule has 2 fully saturated rings. The number of aromatic nitrogens is 3. The molecule has 2 aromatic rings. The summed E-state index contributed by atoms with van der Waals surface area (Å²) in [5.74, 6) is 1.42. The van der Waals surface area contributed by atoms with Crippen molar-refractivity contribution in [1.82, 2.24) is 25.2 Å². The van der Waals surface area contributed by atoms with Gasteiger partial charge in [-0.2, -0.15) is 0 Å². The standard InChI is InChI=1S/C23H30N6O2/c1-3-21-25-10-8-19(27-21)17-11-20(23(31)26-12-17)29(13-16-6-7-16)18-14-28(15-18)22(30)5-4-9-24-2/h4-5,8,10-12,16,18,24H,3,6-7,9,13-15H2,1-2H3,(H,26,31)/b5-4+. The Kier molecular flexibility index (Phi) is 6.46. The SMILES string of the molecule is CCc1nccc(-c2c[nH]c(=O)c(N(CC3CC3)C3CN(C(=O)/C=C/CNC)C3)c2)n1. The number of aromatic amines is 1. The van der Waals surface area contributed by atoms with Gasteiger partial charge in [0, 0.05) is 56.6 Å². The molecule has 1 saturated heterocycles. The summed E-state index contributed by atoms with van der Waals surface area (Å²) >= 11 is 0. The number of nitrogens with zero attached hydrogens (tertiary/aromatic N) is 4. The summed E-state index contributed by atoms with van der Waals surface area (Å²) in [7, 11) is 1.85. The van der Waals surface area contributed by atoms with Crippen LogP contribution in [0.15, 0.2) is 41.5 Å². The highest BCUT2D eigenvalue weighted by Crippen LogP contribution is 2.33. The molecule has 2 aliphatic rings. The van der Waals surface area contributed by atoms with Gasteiger partial charge in [-0.05, 0) is 37.9 Å². The number of amides is 1. The zero-order valence-electron chi connectivity index (χ0n) is 18.2.